The van der Waals surface area contributed by atoms with E-state index in [1.807, 2.05) is 18.2 Å². The third-order valence-corrected chi connectivity index (χ3v) is 5.10. The summed E-state index contributed by atoms with van der Waals surface area (Å²) in [5.74, 6) is -0.557. The average Bonchev–Trinajstić information content (AvgIpc) is 3.21. The minimum Gasteiger partial charge on any atom is -0.322 e. The molecule has 0 aliphatic carbocycles. The Labute approximate surface area is 174 Å². The van der Waals surface area contributed by atoms with E-state index in [0.717, 1.165) is 10.2 Å². The lowest BCUT2D eigenvalue weighted by atomic mass is 10.2. The zero-order valence-electron chi connectivity index (χ0n) is 15.3. The number of aromatic nitrogens is 4. The quantitative estimate of drug-likeness (QED) is 0.603. The van der Waals surface area contributed by atoms with Gasteiger partial charge >= 0.3 is 6.18 Å². The zero-order chi connectivity index (χ0) is 21.3. The smallest absolute Gasteiger partial charge is 0.322 e. The standard InChI is InChI=1S/C18H16Cl2F3N5O/c1-10-15(20)16(18(21,22)23)26-28(10)11(2)17(29)25-13-7-24-27(9-13)8-12-5-3-4-6-14(12)19/h3-7,9,11H,8H2,1-2H3,(H,25,29). The van der Waals surface area contributed by atoms with Gasteiger partial charge in [-0.3, -0.25) is 14.2 Å². The second kappa shape index (κ2) is 8.08. The van der Waals surface area contributed by atoms with Crippen molar-refractivity contribution in [1.29, 1.82) is 0 Å². The van der Waals surface area contributed by atoms with E-state index in [-0.39, 0.29) is 5.69 Å². The summed E-state index contributed by atoms with van der Waals surface area (Å²) >= 11 is 11.9. The van der Waals surface area contributed by atoms with Gasteiger partial charge in [0.1, 0.15) is 6.04 Å². The van der Waals surface area contributed by atoms with Crippen LogP contribution in [-0.4, -0.2) is 25.5 Å². The Balaban J connectivity index is 1.73. The zero-order valence-corrected chi connectivity index (χ0v) is 16.8. The number of amides is 1. The van der Waals surface area contributed by atoms with Crippen LogP contribution in [0.2, 0.25) is 10.0 Å². The van der Waals surface area contributed by atoms with Crippen LogP contribution in [0.15, 0.2) is 36.7 Å². The third-order valence-electron chi connectivity index (χ3n) is 4.28. The van der Waals surface area contributed by atoms with Gasteiger partial charge in [-0.1, -0.05) is 41.4 Å². The first kappa shape index (κ1) is 21.2. The number of rotatable bonds is 5. The van der Waals surface area contributed by atoms with E-state index in [4.69, 9.17) is 23.2 Å². The summed E-state index contributed by atoms with van der Waals surface area (Å²) in [7, 11) is 0. The Hall–Kier alpha value is -2.52. The monoisotopic (exact) mass is 445 g/mol. The molecular formula is C18H16Cl2F3N5O. The van der Waals surface area contributed by atoms with Crippen molar-refractivity contribution in [2.75, 3.05) is 5.32 Å². The summed E-state index contributed by atoms with van der Waals surface area (Å²) in [4.78, 5) is 12.5. The molecule has 1 amide bonds. The molecule has 1 unspecified atom stereocenters. The van der Waals surface area contributed by atoms with E-state index < -0.39 is 28.8 Å². The van der Waals surface area contributed by atoms with Crippen molar-refractivity contribution in [3.8, 4) is 0 Å². The molecule has 0 aliphatic rings. The highest BCUT2D eigenvalue weighted by Gasteiger charge is 2.39. The summed E-state index contributed by atoms with van der Waals surface area (Å²) in [5, 5.41) is 10.3. The number of hydrogen-bond donors (Lipinski definition) is 1. The van der Waals surface area contributed by atoms with Crippen LogP contribution in [0.1, 0.15) is 29.9 Å². The van der Waals surface area contributed by atoms with Crippen LogP contribution in [0, 0.1) is 6.92 Å². The van der Waals surface area contributed by atoms with Crippen LogP contribution in [-0.2, 0) is 17.5 Å². The molecule has 2 heterocycles. The van der Waals surface area contributed by atoms with Crippen LogP contribution in [0.4, 0.5) is 18.9 Å². The van der Waals surface area contributed by atoms with Gasteiger partial charge in [0.25, 0.3) is 0 Å². The van der Waals surface area contributed by atoms with Crippen LogP contribution < -0.4 is 5.32 Å². The van der Waals surface area contributed by atoms with E-state index in [1.54, 1.807) is 16.9 Å². The maximum atomic E-state index is 13.0. The summed E-state index contributed by atoms with van der Waals surface area (Å²) in [5.41, 5.74) is 0.0748. The number of carbonyl (C=O) groups excluding carboxylic acids is 1. The minimum atomic E-state index is -4.71. The van der Waals surface area contributed by atoms with Crippen LogP contribution in [0.25, 0.3) is 0 Å². The fraction of sp³-hybridized carbons (Fsp3) is 0.278. The lowest BCUT2D eigenvalue weighted by Crippen LogP contribution is -2.25. The minimum absolute atomic E-state index is 0.0519. The van der Waals surface area contributed by atoms with Gasteiger partial charge in [0.2, 0.25) is 5.91 Å². The summed E-state index contributed by atoms with van der Waals surface area (Å²) in [6, 6.07) is 6.26. The normalized spacial score (nSPS) is 12.8. The number of nitrogens with zero attached hydrogens (tertiary/aromatic N) is 4. The van der Waals surface area contributed by atoms with Gasteiger partial charge in [-0.2, -0.15) is 23.4 Å². The molecule has 3 aromatic rings. The third kappa shape index (κ3) is 4.56. The van der Waals surface area contributed by atoms with Crippen molar-refractivity contribution in [1.82, 2.24) is 19.6 Å². The predicted octanol–water partition coefficient (Wildman–Crippen LogP) is 4.96. The van der Waals surface area contributed by atoms with Crippen molar-refractivity contribution in [2.45, 2.75) is 32.6 Å². The molecule has 0 saturated carbocycles. The van der Waals surface area contributed by atoms with Crippen LogP contribution in [0.5, 0.6) is 0 Å². The Bertz CT molecular complexity index is 1040. The molecule has 0 radical (unpaired) electrons. The highest BCUT2D eigenvalue weighted by atomic mass is 35.5. The van der Waals surface area contributed by atoms with Gasteiger partial charge < -0.3 is 5.32 Å². The first-order valence-corrected chi connectivity index (χ1v) is 9.22. The Morgan fingerprint density at radius 2 is 1.97 bits per heavy atom. The molecule has 11 heteroatoms. The summed E-state index contributed by atoms with van der Waals surface area (Å²) < 4.78 is 41.5. The second-order valence-electron chi connectivity index (χ2n) is 6.37. The van der Waals surface area contributed by atoms with Gasteiger partial charge in [-0.15, -0.1) is 0 Å². The molecular weight excluding hydrogens is 430 g/mol. The van der Waals surface area contributed by atoms with E-state index in [1.165, 1.54) is 20.0 Å². The lowest BCUT2D eigenvalue weighted by Gasteiger charge is -2.13. The van der Waals surface area contributed by atoms with Crippen molar-refractivity contribution in [3.05, 3.63) is 63.7 Å². The fourth-order valence-electron chi connectivity index (χ4n) is 2.73. The molecule has 0 aliphatic heterocycles. The molecule has 1 aromatic carbocycles. The van der Waals surface area contributed by atoms with E-state index in [9.17, 15) is 18.0 Å². The summed E-state index contributed by atoms with van der Waals surface area (Å²) in [6.45, 7) is 3.20. The maximum absolute atomic E-state index is 13.0. The maximum Gasteiger partial charge on any atom is 0.436 e. The van der Waals surface area contributed by atoms with Crippen molar-refractivity contribution in [3.63, 3.8) is 0 Å². The van der Waals surface area contributed by atoms with Gasteiger partial charge in [-0.25, -0.2) is 0 Å². The van der Waals surface area contributed by atoms with E-state index in [0.29, 0.717) is 17.3 Å². The SMILES string of the molecule is Cc1c(Cl)c(C(F)(F)F)nn1C(C)C(=O)Nc1cnn(Cc2ccccc2Cl)c1. The van der Waals surface area contributed by atoms with Crippen molar-refractivity contribution < 1.29 is 18.0 Å². The molecule has 1 atom stereocenters. The molecule has 0 bridgehead atoms. The number of benzene rings is 1. The topological polar surface area (TPSA) is 64.7 Å². The van der Waals surface area contributed by atoms with Gasteiger partial charge in [0.15, 0.2) is 5.69 Å². The Morgan fingerprint density at radius 3 is 2.59 bits per heavy atom. The van der Waals surface area contributed by atoms with E-state index >= 15 is 0 Å². The molecule has 29 heavy (non-hydrogen) atoms. The molecule has 1 N–H and O–H groups in total. The second-order valence-corrected chi connectivity index (χ2v) is 7.16. The molecule has 0 fully saturated rings. The fourth-order valence-corrected chi connectivity index (χ4v) is 3.16. The average molecular weight is 446 g/mol. The predicted molar refractivity (Wildman–Crippen MR) is 103 cm³/mol. The number of alkyl halides is 3. The van der Waals surface area contributed by atoms with Gasteiger partial charge in [-0.05, 0) is 25.5 Å². The number of anilines is 1. The first-order valence-electron chi connectivity index (χ1n) is 8.46. The Morgan fingerprint density at radius 1 is 1.28 bits per heavy atom. The van der Waals surface area contributed by atoms with Gasteiger partial charge in [0, 0.05) is 11.2 Å². The largest absolute Gasteiger partial charge is 0.436 e. The molecule has 0 spiro atoms. The molecule has 2 aromatic heterocycles. The van der Waals surface area contributed by atoms with Crippen LogP contribution in [0.3, 0.4) is 0 Å². The number of hydrogen-bond acceptors (Lipinski definition) is 3. The van der Waals surface area contributed by atoms with Crippen molar-refractivity contribution in [2.24, 2.45) is 0 Å². The lowest BCUT2D eigenvalue weighted by molar-refractivity contribution is -0.141. The number of halogens is 5. The number of nitrogens with one attached hydrogen (secondary N) is 1. The Kier molecular flexibility index (Phi) is 5.90. The molecule has 3 rings (SSSR count). The molecule has 0 saturated heterocycles. The van der Waals surface area contributed by atoms with Crippen LogP contribution >= 0.6 is 23.2 Å². The van der Waals surface area contributed by atoms with Crippen molar-refractivity contribution >= 4 is 34.8 Å². The highest BCUT2D eigenvalue weighted by Crippen LogP contribution is 2.36. The number of carbonyl (C=O) groups is 1. The highest BCUT2D eigenvalue weighted by molar-refractivity contribution is 6.32. The molecule has 6 nitrogen and oxygen atoms in total. The van der Waals surface area contributed by atoms with E-state index in [2.05, 4.69) is 15.5 Å². The summed E-state index contributed by atoms with van der Waals surface area (Å²) in [6.07, 6.45) is -1.67. The molecule has 154 valence electrons. The van der Waals surface area contributed by atoms with Gasteiger partial charge in [0.05, 0.1) is 29.1 Å². The first-order chi connectivity index (χ1) is 13.6.